The second-order valence-corrected chi connectivity index (χ2v) is 10.9. The van der Waals surface area contributed by atoms with Crippen molar-refractivity contribution >= 4 is 32.6 Å². The van der Waals surface area contributed by atoms with E-state index in [2.05, 4.69) is 117 Å². The van der Waals surface area contributed by atoms with E-state index in [4.69, 9.17) is 15.0 Å². The first-order valence-corrected chi connectivity index (χ1v) is 13.4. The number of fused-ring (bicyclic) bond motifs is 6. The molecule has 3 heteroatoms. The van der Waals surface area contributed by atoms with Crippen LogP contribution in [0.25, 0.3) is 66.4 Å². The van der Waals surface area contributed by atoms with E-state index in [9.17, 15) is 0 Å². The van der Waals surface area contributed by atoms with Gasteiger partial charge in [-0.2, -0.15) is 0 Å². The summed E-state index contributed by atoms with van der Waals surface area (Å²) in [5, 5.41) is 4.56. The summed E-state index contributed by atoms with van der Waals surface area (Å²) in [6.45, 7) is 4.67. The summed E-state index contributed by atoms with van der Waals surface area (Å²) < 4.78 is 0. The molecule has 0 unspecified atom stereocenters. The van der Waals surface area contributed by atoms with Gasteiger partial charge in [-0.1, -0.05) is 98.8 Å². The third-order valence-corrected chi connectivity index (χ3v) is 8.31. The van der Waals surface area contributed by atoms with Crippen molar-refractivity contribution in [1.29, 1.82) is 0 Å². The second kappa shape index (κ2) is 8.05. The summed E-state index contributed by atoms with van der Waals surface area (Å²) in [5.74, 6) is 0.695. The molecule has 3 nitrogen and oxygen atoms in total. The molecule has 0 radical (unpaired) electrons. The molecule has 1 aliphatic carbocycles. The van der Waals surface area contributed by atoms with Crippen molar-refractivity contribution in [2.45, 2.75) is 19.3 Å². The number of benzene rings is 5. The molecule has 0 atom stereocenters. The average Bonchev–Trinajstić information content (AvgIpc) is 3.21. The topological polar surface area (TPSA) is 38.7 Å². The van der Waals surface area contributed by atoms with Crippen LogP contribution in [0.5, 0.6) is 0 Å². The maximum absolute atomic E-state index is 5.39. The zero-order valence-corrected chi connectivity index (χ0v) is 21.8. The van der Waals surface area contributed by atoms with E-state index in [1.54, 1.807) is 0 Å². The van der Waals surface area contributed by atoms with E-state index in [0.29, 0.717) is 5.82 Å². The summed E-state index contributed by atoms with van der Waals surface area (Å²) in [6, 6.07) is 38.6. The van der Waals surface area contributed by atoms with Crippen LogP contribution in [0.2, 0.25) is 0 Å². The van der Waals surface area contributed by atoms with Gasteiger partial charge in [-0.05, 0) is 57.3 Å². The first kappa shape index (κ1) is 22.1. The average molecular weight is 500 g/mol. The van der Waals surface area contributed by atoms with Crippen LogP contribution in [0, 0.1) is 0 Å². The number of para-hydroxylation sites is 2. The Morgan fingerprint density at radius 3 is 2.21 bits per heavy atom. The molecule has 2 aromatic heterocycles. The molecule has 0 spiro atoms. The van der Waals surface area contributed by atoms with Gasteiger partial charge in [0.2, 0.25) is 0 Å². The highest BCUT2D eigenvalue weighted by Gasteiger charge is 2.38. The first-order chi connectivity index (χ1) is 19.1. The summed E-state index contributed by atoms with van der Waals surface area (Å²) in [7, 11) is 0. The maximum atomic E-state index is 5.39. The Labute approximate surface area is 226 Å². The largest absolute Gasteiger partial charge is 0.255 e. The molecule has 0 fully saturated rings. The number of aromatic nitrogens is 3. The van der Waals surface area contributed by atoms with Crippen molar-refractivity contribution in [1.82, 2.24) is 15.0 Å². The summed E-state index contributed by atoms with van der Waals surface area (Å²) in [5.41, 5.74) is 10.1. The van der Waals surface area contributed by atoms with Gasteiger partial charge >= 0.3 is 0 Å². The Kier molecular flexibility index (Phi) is 4.57. The molecular weight excluding hydrogens is 474 g/mol. The lowest BCUT2D eigenvalue weighted by Crippen LogP contribution is -2.15. The zero-order valence-electron chi connectivity index (χ0n) is 21.8. The normalized spacial score (nSPS) is 13.6. The quantitative estimate of drug-likeness (QED) is 0.238. The van der Waals surface area contributed by atoms with E-state index in [-0.39, 0.29) is 5.41 Å². The summed E-state index contributed by atoms with van der Waals surface area (Å²) >= 11 is 0. The molecule has 0 saturated heterocycles. The Hall–Kier alpha value is -4.89. The van der Waals surface area contributed by atoms with Crippen LogP contribution in [0.15, 0.2) is 115 Å². The second-order valence-electron chi connectivity index (χ2n) is 10.9. The Morgan fingerprint density at radius 2 is 1.28 bits per heavy atom. The fourth-order valence-electron chi connectivity index (χ4n) is 6.43. The maximum Gasteiger partial charge on any atom is 0.162 e. The van der Waals surface area contributed by atoms with Gasteiger partial charge in [-0.3, -0.25) is 4.98 Å². The number of nitrogens with zero attached hydrogens (tertiary/aromatic N) is 3. The molecule has 2 heterocycles. The van der Waals surface area contributed by atoms with Crippen LogP contribution >= 0.6 is 0 Å². The predicted molar refractivity (Wildman–Crippen MR) is 161 cm³/mol. The Bertz CT molecular complexity index is 2100. The molecule has 5 aromatic carbocycles. The van der Waals surface area contributed by atoms with Crippen molar-refractivity contribution in [3.05, 3.63) is 127 Å². The molecule has 0 saturated carbocycles. The standard InChI is InChI=1S/C36H25N3/c1-36(2)28-18-7-5-15-25(28)31-29(36)21-23-11-3-4-14-24(23)32(31)34-26-16-6-8-19-30(26)38-35(39-34)27-17-9-12-22-13-10-20-37-33(22)27/h3-21H,1-2H3. The smallest absolute Gasteiger partial charge is 0.162 e. The molecule has 0 N–H and O–H groups in total. The van der Waals surface area contributed by atoms with Crippen LogP contribution < -0.4 is 0 Å². The highest BCUT2D eigenvalue weighted by molar-refractivity contribution is 6.12. The minimum atomic E-state index is -0.115. The molecule has 8 rings (SSSR count). The van der Waals surface area contributed by atoms with E-state index in [0.717, 1.165) is 33.1 Å². The van der Waals surface area contributed by atoms with E-state index in [1.165, 1.54) is 38.6 Å². The molecule has 184 valence electrons. The number of rotatable bonds is 2. The Balaban J connectivity index is 1.55. The van der Waals surface area contributed by atoms with E-state index in [1.807, 2.05) is 12.3 Å². The molecule has 39 heavy (non-hydrogen) atoms. The summed E-state index contributed by atoms with van der Waals surface area (Å²) in [6.07, 6.45) is 1.84. The minimum Gasteiger partial charge on any atom is -0.255 e. The first-order valence-electron chi connectivity index (χ1n) is 13.4. The lowest BCUT2D eigenvalue weighted by Gasteiger charge is -2.23. The zero-order chi connectivity index (χ0) is 26.1. The number of pyridine rings is 1. The van der Waals surface area contributed by atoms with Gasteiger partial charge in [0.25, 0.3) is 0 Å². The predicted octanol–water partition coefficient (Wildman–Crippen LogP) is 8.97. The molecule has 0 bridgehead atoms. The lowest BCUT2D eigenvalue weighted by atomic mass is 9.81. The Morgan fingerprint density at radius 1 is 0.564 bits per heavy atom. The lowest BCUT2D eigenvalue weighted by molar-refractivity contribution is 0.661. The highest BCUT2D eigenvalue weighted by Crippen LogP contribution is 2.54. The highest BCUT2D eigenvalue weighted by atomic mass is 14.9. The van der Waals surface area contributed by atoms with Crippen molar-refractivity contribution in [3.63, 3.8) is 0 Å². The van der Waals surface area contributed by atoms with Crippen LogP contribution in [0.3, 0.4) is 0 Å². The third-order valence-electron chi connectivity index (χ3n) is 8.31. The van der Waals surface area contributed by atoms with Gasteiger partial charge in [0.15, 0.2) is 5.82 Å². The summed E-state index contributed by atoms with van der Waals surface area (Å²) in [4.78, 5) is 15.2. The van der Waals surface area contributed by atoms with Crippen molar-refractivity contribution in [2.75, 3.05) is 0 Å². The molecule has 0 aliphatic heterocycles. The van der Waals surface area contributed by atoms with Crippen LogP contribution in [0.4, 0.5) is 0 Å². The molecule has 7 aromatic rings. The van der Waals surface area contributed by atoms with Gasteiger partial charge in [0.1, 0.15) is 0 Å². The number of hydrogen-bond acceptors (Lipinski definition) is 3. The van der Waals surface area contributed by atoms with Gasteiger partial charge in [0, 0.05) is 33.5 Å². The van der Waals surface area contributed by atoms with Crippen LogP contribution in [-0.4, -0.2) is 15.0 Å². The van der Waals surface area contributed by atoms with Crippen molar-refractivity contribution in [3.8, 4) is 33.8 Å². The monoisotopic (exact) mass is 499 g/mol. The molecular formula is C36H25N3. The van der Waals surface area contributed by atoms with Crippen LogP contribution in [0.1, 0.15) is 25.0 Å². The fraction of sp³-hybridized carbons (Fsp3) is 0.0833. The third kappa shape index (κ3) is 3.13. The molecule has 1 aliphatic rings. The number of hydrogen-bond donors (Lipinski definition) is 0. The van der Waals surface area contributed by atoms with Crippen LogP contribution in [-0.2, 0) is 5.41 Å². The van der Waals surface area contributed by atoms with Gasteiger partial charge in [-0.15, -0.1) is 0 Å². The van der Waals surface area contributed by atoms with E-state index >= 15 is 0 Å². The fourth-order valence-corrected chi connectivity index (χ4v) is 6.43. The van der Waals surface area contributed by atoms with Gasteiger partial charge in [-0.25, -0.2) is 9.97 Å². The van der Waals surface area contributed by atoms with Gasteiger partial charge < -0.3 is 0 Å². The van der Waals surface area contributed by atoms with Crippen molar-refractivity contribution in [2.24, 2.45) is 0 Å². The minimum absolute atomic E-state index is 0.115. The molecule has 0 amide bonds. The van der Waals surface area contributed by atoms with E-state index < -0.39 is 0 Å². The SMILES string of the molecule is CC1(C)c2ccccc2-c2c1cc1ccccc1c2-c1nc(-c2cccc3cccnc23)nc2ccccc12. The van der Waals surface area contributed by atoms with Crippen molar-refractivity contribution < 1.29 is 0 Å². The van der Waals surface area contributed by atoms with Gasteiger partial charge in [0.05, 0.1) is 16.7 Å².